The van der Waals surface area contributed by atoms with Gasteiger partial charge in [-0.1, -0.05) is 41.9 Å². The SMILES string of the molecule is Cn1cc(-c2ccc3nc(CC(=O)c4ccccc4)c(Cl)n3n2)c(-c2ccc(F)cc2)n1. The van der Waals surface area contributed by atoms with Crippen LogP contribution in [0.3, 0.4) is 0 Å². The van der Waals surface area contributed by atoms with E-state index in [4.69, 9.17) is 11.6 Å². The van der Waals surface area contributed by atoms with E-state index in [1.807, 2.05) is 37.5 Å². The van der Waals surface area contributed by atoms with Crippen LogP contribution >= 0.6 is 11.6 Å². The van der Waals surface area contributed by atoms with E-state index in [-0.39, 0.29) is 18.0 Å². The maximum atomic E-state index is 13.4. The molecule has 0 unspecified atom stereocenters. The molecule has 0 aliphatic rings. The summed E-state index contributed by atoms with van der Waals surface area (Å²) in [5, 5.41) is 9.46. The van der Waals surface area contributed by atoms with Crippen LogP contribution in [0.4, 0.5) is 4.39 Å². The fourth-order valence-corrected chi connectivity index (χ4v) is 3.82. The Morgan fingerprint density at radius 3 is 2.50 bits per heavy atom. The average Bonchev–Trinajstić information content (AvgIpc) is 3.34. The highest BCUT2D eigenvalue weighted by Gasteiger charge is 2.19. The van der Waals surface area contributed by atoms with E-state index in [1.54, 1.807) is 35.0 Å². The number of imidazole rings is 1. The third-order valence-corrected chi connectivity index (χ3v) is 5.51. The minimum absolute atomic E-state index is 0.0676. The average molecular weight is 446 g/mol. The molecule has 158 valence electrons. The summed E-state index contributed by atoms with van der Waals surface area (Å²) >= 11 is 6.55. The number of rotatable bonds is 5. The first kappa shape index (κ1) is 20.1. The molecule has 0 N–H and O–H groups in total. The number of Topliss-reactive ketones (excluding diaryl/α,β-unsaturated/α-hetero) is 1. The van der Waals surface area contributed by atoms with Crippen LogP contribution in [0.5, 0.6) is 0 Å². The van der Waals surface area contributed by atoms with Crippen molar-refractivity contribution in [1.29, 1.82) is 0 Å². The number of fused-ring (bicyclic) bond motifs is 1. The van der Waals surface area contributed by atoms with Crippen LogP contribution in [0.15, 0.2) is 72.9 Å². The second-order valence-electron chi connectivity index (χ2n) is 7.38. The quantitative estimate of drug-likeness (QED) is 0.356. The lowest BCUT2D eigenvalue weighted by molar-refractivity contribution is 0.0992. The summed E-state index contributed by atoms with van der Waals surface area (Å²) in [6.45, 7) is 0. The molecule has 0 aliphatic heterocycles. The van der Waals surface area contributed by atoms with Crippen molar-refractivity contribution < 1.29 is 9.18 Å². The molecule has 2 aromatic carbocycles. The first-order valence-electron chi connectivity index (χ1n) is 9.92. The van der Waals surface area contributed by atoms with Crippen molar-refractivity contribution in [3.63, 3.8) is 0 Å². The van der Waals surface area contributed by atoms with Gasteiger partial charge >= 0.3 is 0 Å². The summed E-state index contributed by atoms with van der Waals surface area (Å²) in [7, 11) is 1.81. The summed E-state index contributed by atoms with van der Waals surface area (Å²) in [6, 6.07) is 18.8. The molecule has 6 nitrogen and oxygen atoms in total. The van der Waals surface area contributed by atoms with Gasteiger partial charge in [-0.15, -0.1) is 0 Å². The summed E-state index contributed by atoms with van der Waals surface area (Å²) in [6.07, 6.45) is 1.92. The van der Waals surface area contributed by atoms with Gasteiger partial charge in [-0.25, -0.2) is 13.9 Å². The number of halogens is 2. The molecule has 8 heteroatoms. The van der Waals surface area contributed by atoms with E-state index in [1.165, 1.54) is 16.6 Å². The standard InChI is InChI=1S/C24H17ClFN5O/c1-30-14-18(23(29-30)16-7-9-17(26)10-8-16)19-11-12-22-27-20(24(25)31(22)28-19)13-21(32)15-5-3-2-4-6-15/h2-12,14H,13H2,1H3. The predicted octanol–water partition coefficient (Wildman–Crippen LogP) is 5.01. The van der Waals surface area contributed by atoms with Gasteiger partial charge < -0.3 is 0 Å². The zero-order chi connectivity index (χ0) is 22.2. The number of carbonyl (C=O) groups excluding carboxylic acids is 1. The number of ketones is 1. The molecule has 5 aromatic rings. The van der Waals surface area contributed by atoms with Crippen molar-refractivity contribution in [1.82, 2.24) is 24.4 Å². The molecule has 3 heterocycles. The van der Waals surface area contributed by atoms with Gasteiger partial charge in [-0.05, 0) is 36.4 Å². The van der Waals surface area contributed by atoms with Crippen molar-refractivity contribution in [2.24, 2.45) is 7.05 Å². The zero-order valence-corrected chi connectivity index (χ0v) is 17.8. The molecule has 0 spiro atoms. The van der Waals surface area contributed by atoms with Gasteiger partial charge in [0, 0.05) is 29.9 Å². The Morgan fingerprint density at radius 2 is 1.75 bits per heavy atom. The van der Waals surface area contributed by atoms with E-state index < -0.39 is 0 Å². The van der Waals surface area contributed by atoms with Crippen LogP contribution in [0.2, 0.25) is 5.15 Å². The van der Waals surface area contributed by atoms with E-state index in [0.29, 0.717) is 33.4 Å². The lowest BCUT2D eigenvalue weighted by Gasteiger charge is -2.03. The minimum atomic E-state index is -0.312. The van der Waals surface area contributed by atoms with Gasteiger partial charge in [0.05, 0.1) is 17.8 Å². The van der Waals surface area contributed by atoms with Gasteiger partial charge in [0.15, 0.2) is 16.6 Å². The number of carbonyl (C=O) groups is 1. The van der Waals surface area contributed by atoms with E-state index in [2.05, 4.69) is 15.2 Å². The number of aromatic nitrogens is 5. The van der Waals surface area contributed by atoms with E-state index >= 15 is 0 Å². The summed E-state index contributed by atoms with van der Waals surface area (Å²) < 4.78 is 16.6. The Bertz CT molecular complexity index is 1440. The Kier molecular flexibility index (Phi) is 5.03. The highest BCUT2D eigenvalue weighted by Crippen LogP contribution is 2.30. The first-order chi connectivity index (χ1) is 15.5. The second kappa shape index (κ2) is 8.01. The lowest BCUT2D eigenvalue weighted by Crippen LogP contribution is -2.04. The fourth-order valence-electron chi connectivity index (χ4n) is 3.58. The van der Waals surface area contributed by atoms with E-state index in [0.717, 1.165) is 11.1 Å². The van der Waals surface area contributed by atoms with Gasteiger partial charge in [-0.2, -0.15) is 10.2 Å². The molecule has 0 amide bonds. The number of hydrogen-bond donors (Lipinski definition) is 0. The van der Waals surface area contributed by atoms with Gasteiger partial charge in [0.2, 0.25) is 0 Å². The maximum Gasteiger partial charge on any atom is 0.168 e. The number of aryl methyl sites for hydroxylation is 1. The molecule has 0 radical (unpaired) electrons. The Balaban J connectivity index is 1.53. The summed E-state index contributed by atoms with van der Waals surface area (Å²) in [4.78, 5) is 17.1. The molecule has 5 rings (SSSR count). The highest BCUT2D eigenvalue weighted by molar-refractivity contribution is 6.30. The minimum Gasteiger partial charge on any atom is -0.294 e. The van der Waals surface area contributed by atoms with Crippen LogP contribution in [0.1, 0.15) is 16.1 Å². The van der Waals surface area contributed by atoms with Crippen molar-refractivity contribution in [2.75, 3.05) is 0 Å². The summed E-state index contributed by atoms with van der Waals surface area (Å²) in [5.74, 6) is -0.379. The molecular formula is C24H17ClFN5O. The monoisotopic (exact) mass is 445 g/mol. The van der Waals surface area contributed by atoms with Crippen LogP contribution < -0.4 is 0 Å². The van der Waals surface area contributed by atoms with Gasteiger partial charge in [-0.3, -0.25) is 9.48 Å². The molecule has 3 aromatic heterocycles. The van der Waals surface area contributed by atoms with Crippen molar-refractivity contribution in [3.05, 3.63) is 95.2 Å². The predicted molar refractivity (Wildman–Crippen MR) is 120 cm³/mol. The Hall–Kier alpha value is -3.84. The highest BCUT2D eigenvalue weighted by atomic mass is 35.5. The van der Waals surface area contributed by atoms with Crippen molar-refractivity contribution in [3.8, 4) is 22.5 Å². The maximum absolute atomic E-state index is 13.4. The molecule has 0 aliphatic carbocycles. The van der Waals surface area contributed by atoms with Crippen molar-refractivity contribution >= 4 is 23.0 Å². The smallest absolute Gasteiger partial charge is 0.168 e. The lowest BCUT2D eigenvalue weighted by atomic mass is 10.1. The molecule has 0 saturated carbocycles. The summed E-state index contributed by atoms with van der Waals surface area (Å²) in [5.41, 5.74) is 4.47. The van der Waals surface area contributed by atoms with E-state index in [9.17, 15) is 9.18 Å². The molecule has 32 heavy (non-hydrogen) atoms. The zero-order valence-electron chi connectivity index (χ0n) is 17.0. The first-order valence-corrected chi connectivity index (χ1v) is 10.3. The van der Waals surface area contributed by atoms with Crippen molar-refractivity contribution in [2.45, 2.75) is 6.42 Å². The third-order valence-electron chi connectivity index (χ3n) is 5.13. The third kappa shape index (κ3) is 3.67. The molecule has 0 atom stereocenters. The fraction of sp³-hybridized carbons (Fsp3) is 0.0833. The van der Waals surface area contributed by atoms with Crippen LogP contribution in [0, 0.1) is 5.82 Å². The van der Waals surface area contributed by atoms with Gasteiger partial charge in [0.1, 0.15) is 11.5 Å². The van der Waals surface area contributed by atoms with Crippen LogP contribution in [0.25, 0.3) is 28.2 Å². The normalized spacial score (nSPS) is 11.2. The number of hydrogen-bond acceptors (Lipinski definition) is 4. The molecular weight excluding hydrogens is 429 g/mol. The largest absolute Gasteiger partial charge is 0.294 e. The Morgan fingerprint density at radius 1 is 1.00 bits per heavy atom. The molecule has 0 bridgehead atoms. The number of nitrogens with zero attached hydrogens (tertiary/aromatic N) is 5. The Labute approximate surface area is 187 Å². The molecule has 0 saturated heterocycles. The second-order valence-corrected chi connectivity index (χ2v) is 7.73. The van der Waals surface area contributed by atoms with Gasteiger partial charge in [0.25, 0.3) is 0 Å². The van der Waals surface area contributed by atoms with Crippen LogP contribution in [-0.2, 0) is 13.5 Å². The molecule has 0 fully saturated rings. The van der Waals surface area contributed by atoms with Crippen LogP contribution in [-0.4, -0.2) is 30.2 Å². The number of benzene rings is 2. The topological polar surface area (TPSA) is 65.1 Å².